The third-order valence-electron chi connectivity index (χ3n) is 8.35. The van der Waals surface area contributed by atoms with Gasteiger partial charge in [0.2, 0.25) is 0 Å². The van der Waals surface area contributed by atoms with Gasteiger partial charge in [-0.1, -0.05) is 6.07 Å². The van der Waals surface area contributed by atoms with Crippen LogP contribution in [0.4, 0.5) is 20.2 Å². The molecular weight excluding hydrogens is 498 g/mol. The summed E-state index contributed by atoms with van der Waals surface area (Å²) in [6.45, 7) is 5.22. The first-order valence-electron chi connectivity index (χ1n) is 14.3. The first-order chi connectivity index (χ1) is 19.1. The molecule has 0 saturated carbocycles. The zero-order valence-electron chi connectivity index (χ0n) is 22.6. The molecule has 206 valence electrons. The number of fused-ring (bicyclic) bond motifs is 2. The van der Waals surface area contributed by atoms with Crippen LogP contribution in [-0.4, -0.2) is 62.4 Å². The second-order valence-corrected chi connectivity index (χ2v) is 10.9. The van der Waals surface area contributed by atoms with Crippen molar-refractivity contribution in [2.75, 3.05) is 56.7 Å². The Morgan fingerprint density at radius 3 is 2.64 bits per heavy atom. The van der Waals surface area contributed by atoms with E-state index in [1.165, 1.54) is 31.5 Å². The molecule has 0 atom stereocenters. The first-order valence-corrected chi connectivity index (χ1v) is 14.3. The Kier molecular flexibility index (Phi) is 7.60. The zero-order valence-corrected chi connectivity index (χ0v) is 22.6. The van der Waals surface area contributed by atoms with E-state index in [2.05, 4.69) is 28.4 Å². The molecule has 8 heteroatoms. The fraction of sp³-hybridized carbons (Fsp3) is 0.516. The van der Waals surface area contributed by atoms with Gasteiger partial charge in [-0.3, -0.25) is 4.98 Å². The quantitative estimate of drug-likeness (QED) is 0.363. The smallest absolute Gasteiger partial charge is 0.199 e. The number of piperidine rings is 1. The highest BCUT2D eigenvalue weighted by Crippen LogP contribution is 2.40. The van der Waals surface area contributed by atoms with Gasteiger partial charge in [0, 0.05) is 54.6 Å². The Balaban J connectivity index is 1.20. The van der Waals surface area contributed by atoms with Gasteiger partial charge in [-0.15, -0.1) is 0 Å². The topological polar surface area (TPSA) is 49.9 Å². The number of hydrogen-bond donors (Lipinski definition) is 1. The molecule has 6 nitrogen and oxygen atoms in total. The third kappa shape index (κ3) is 5.42. The van der Waals surface area contributed by atoms with Crippen LogP contribution in [0.5, 0.6) is 11.5 Å². The Hall–Kier alpha value is -3.31. The standard InChI is InChI=1S/C31H36F2N4O2/c1-38-28-19-23-27(20-29(28)39-18-6-15-36-13-2-3-14-36)35-26-10-4-7-22(26)30(23)34-21-11-16-37(17-12-21)31-24(32)8-5-9-25(31)33/h8,19-21H,2-4,6-7,10-18H2,1H3,(H,34,35). The van der Waals surface area contributed by atoms with E-state index < -0.39 is 11.6 Å². The molecule has 1 aromatic heterocycles. The molecule has 0 amide bonds. The summed E-state index contributed by atoms with van der Waals surface area (Å²) in [6.07, 6.45) is 8.16. The Morgan fingerprint density at radius 2 is 1.87 bits per heavy atom. The van der Waals surface area contributed by atoms with Crippen LogP contribution in [-0.2, 0) is 12.8 Å². The monoisotopic (exact) mass is 534 g/mol. The molecule has 0 unspecified atom stereocenters. The molecule has 0 radical (unpaired) electrons. The lowest BCUT2D eigenvalue weighted by molar-refractivity contribution is 0.254. The molecule has 2 aromatic carbocycles. The number of aryl methyl sites for hydroxylation is 1. The van der Waals surface area contributed by atoms with Crippen molar-refractivity contribution in [2.24, 2.45) is 0 Å². The van der Waals surface area contributed by atoms with Gasteiger partial charge in [-0.25, -0.2) is 4.39 Å². The Morgan fingerprint density at radius 1 is 1.05 bits per heavy atom. The number of nitrogens with zero attached hydrogens (tertiary/aromatic N) is 3. The minimum Gasteiger partial charge on any atom is -0.493 e. The number of nitrogens with one attached hydrogen (secondary N) is 1. The van der Waals surface area contributed by atoms with Crippen molar-refractivity contribution in [3.8, 4) is 11.5 Å². The average Bonchev–Trinajstić information content (AvgIpc) is 3.64. The van der Waals surface area contributed by atoms with E-state index >= 15 is 0 Å². The lowest BCUT2D eigenvalue weighted by Gasteiger charge is -2.35. The maximum atomic E-state index is 14.3. The van der Waals surface area contributed by atoms with Gasteiger partial charge < -0.3 is 24.6 Å². The lowest BCUT2D eigenvalue weighted by Crippen LogP contribution is -2.40. The highest BCUT2D eigenvalue weighted by atomic mass is 19.1. The molecule has 6 rings (SSSR count). The van der Waals surface area contributed by atoms with Gasteiger partial charge in [0.05, 0.1) is 19.2 Å². The highest BCUT2D eigenvalue weighted by Gasteiger charge is 2.27. The SMILES string of the molecule is COc1cc2c(NC3CCN(c4c(F)c#ccc4F)CC3)c3c(nc2cc1OCCCN1CCCC1)CCC3. The Labute approximate surface area is 229 Å². The number of halogens is 2. The second-order valence-electron chi connectivity index (χ2n) is 10.9. The summed E-state index contributed by atoms with van der Waals surface area (Å²) in [5, 5.41) is 4.84. The molecule has 1 N–H and O–H groups in total. The van der Waals surface area contributed by atoms with Crippen molar-refractivity contribution in [3.63, 3.8) is 0 Å². The number of ether oxygens (including phenoxy) is 2. The van der Waals surface area contributed by atoms with Crippen molar-refractivity contribution < 1.29 is 18.3 Å². The van der Waals surface area contributed by atoms with Crippen LogP contribution in [0.25, 0.3) is 10.9 Å². The van der Waals surface area contributed by atoms with Gasteiger partial charge in [-0.05, 0) is 82.2 Å². The number of benzene rings is 1. The summed E-state index contributed by atoms with van der Waals surface area (Å²) in [5.41, 5.74) is 4.44. The van der Waals surface area contributed by atoms with E-state index in [1.54, 1.807) is 12.0 Å². The van der Waals surface area contributed by atoms with Gasteiger partial charge >= 0.3 is 0 Å². The summed E-state index contributed by atoms with van der Waals surface area (Å²) < 4.78 is 40.5. The third-order valence-corrected chi connectivity index (χ3v) is 8.35. The number of hydrogen-bond acceptors (Lipinski definition) is 6. The molecule has 2 aliphatic heterocycles. The molecule has 3 aromatic rings. The van der Waals surface area contributed by atoms with Crippen LogP contribution in [0.1, 0.15) is 49.8 Å². The van der Waals surface area contributed by atoms with E-state index in [-0.39, 0.29) is 11.7 Å². The van der Waals surface area contributed by atoms with Crippen molar-refractivity contribution >= 4 is 22.3 Å². The van der Waals surface area contributed by atoms with Crippen LogP contribution in [0, 0.1) is 23.8 Å². The molecular formula is C31H36F2N4O2. The number of methoxy groups -OCH3 is 1. The average molecular weight is 535 g/mol. The number of anilines is 2. The normalized spacial score (nSPS) is 17.9. The van der Waals surface area contributed by atoms with Gasteiger partial charge in [0.25, 0.3) is 0 Å². The summed E-state index contributed by atoms with van der Waals surface area (Å²) in [7, 11) is 1.68. The molecule has 3 heterocycles. The van der Waals surface area contributed by atoms with Crippen LogP contribution >= 0.6 is 0 Å². The minimum absolute atomic E-state index is 0.000137. The van der Waals surface area contributed by atoms with Gasteiger partial charge in [0.15, 0.2) is 23.1 Å². The van der Waals surface area contributed by atoms with E-state index in [0.29, 0.717) is 25.4 Å². The number of rotatable bonds is 9. The van der Waals surface area contributed by atoms with Crippen molar-refractivity contribution in [1.82, 2.24) is 9.88 Å². The predicted molar refractivity (Wildman–Crippen MR) is 149 cm³/mol. The molecule has 0 bridgehead atoms. The molecule has 39 heavy (non-hydrogen) atoms. The lowest BCUT2D eigenvalue weighted by atomic mass is 10.0. The molecule has 3 aliphatic rings. The van der Waals surface area contributed by atoms with Gasteiger partial charge in [-0.2, -0.15) is 4.39 Å². The van der Waals surface area contributed by atoms with Crippen LogP contribution in [0.15, 0.2) is 18.2 Å². The predicted octanol–water partition coefficient (Wildman–Crippen LogP) is 5.56. The van der Waals surface area contributed by atoms with Crippen molar-refractivity contribution in [2.45, 2.75) is 57.4 Å². The summed E-state index contributed by atoms with van der Waals surface area (Å²) in [5.74, 6) is 0.179. The molecule has 1 aliphatic carbocycles. The second kappa shape index (κ2) is 11.4. The van der Waals surface area contributed by atoms with E-state index in [4.69, 9.17) is 14.5 Å². The molecule has 2 saturated heterocycles. The van der Waals surface area contributed by atoms with Crippen LogP contribution < -0.4 is 19.7 Å². The molecule has 0 spiro atoms. The van der Waals surface area contributed by atoms with E-state index in [9.17, 15) is 8.78 Å². The van der Waals surface area contributed by atoms with Crippen LogP contribution in [0.3, 0.4) is 0 Å². The Bertz CT molecular complexity index is 1300. The fourth-order valence-electron chi connectivity index (χ4n) is 6.32. The maximum Gasteiger partial charge on any atom is 0.199 e. The summed E-state index contributed by atoms with van der Waals surface area (Å²) in [6, 6.07) is 10.2. The number of aromatic nitrogens is 1. The van der Waals surface area contributed by atoms with Gasteiger partial charge in [0.1, 0.15) is 5.69 Å². The zero-order chi connectivity index (χ0) is 26.8. The molecule has 2 fully saturated rings. The largest absolute Gasteiger partial charge is 0.493 e. The first kappa shape index (κ1) is 25.9. The number of pyridine rings is 1. The maximum absolute atomic E-state index is 14.3. The summed E-state index contributed by atoms with van der Waals surface area (Å²) in [4.78, 5) is 9.30. The number of likely N-dealkylation sites (tertiary alicyclic amines) is 1. The fourth-order valence-corrected chi connectivity index (χ4v) is 6.32. The highest BCUT2D eigenvalue weighted by molar-refractivity contribution is 5.96. The van der Waals surface area contributed by atoms with Crippen molar-refractivity contribution in [3.05, 3.63) is 53.2 Å². The van der Waals surface area contributed by atoms with Crippen molar-refractivity contribution in [1.29, 1.82) is 0 Å². The van der Waals surface area contributed by atoms with E-state index in [1.807, 2.05) is 6.07 Å². The summed E-state index contributed by atoms with van der Waals surface area (Å²) >= 11 is 0. The minimum atomic E-state index is -0.680. The van der Waals surface area contributed by atoms with E-state index in [0.717, 1.165) is 79.2 Å². The van der Waals surface area contributed by atoms with Crippen LogP contribution in [0.2, 0.25) is 0 Å².